The summed E-state index contributed by atoms with van der Waals surface area (Å²) in [5.41, 5.74) is 2.58. The van der Waals surface area contributed by atoms with Gasteiger partial charge in [0.2, 0.25) is 5.76 Å². The third-order valence-corrected chi connectivity index (χ3v) is 4.98. The molecule has 1 N–H and O–H groups in total. The standard InChI is InChI=1S/C22H23N3O4/c1-16(26)21-23-11-12-25(21)15-19-14-20(29-24-19)9-6-17-4-7-18(8-5-17)22(27-2)10-3-13-28-22/h4-5,7-8,11-12,14,16,26H,3,10,13,15H2,1-2H3/t16-,22?/m0/s1. The maximum absolute atomic E-state index is 9.74. The minimum Gasteiger partial charge on any atom is -0.385 e. The molecule has 4 rings (SSSR count). The molecule has 0 amide bonds. The van der Waals surface area contributed by atoms with Crippen LogP contribution in [0.2, 0.25) is 0 Å². The molecule has 7 nitrogen and oxygen atoms in total. The summed E-state index contributed by atoms with van der Waals surface area (Å²) in [5, 5.41) is 13.8. The average Bonchev–Trinajstić information content (AvgIpc) is 3.48. The number of aliphatic hydroxyl groups excluding tert-OH is 1. The van der Waals surface area contributed by atoms with Gasteiger partial charge in [-0.25, -0.2) is 4.98 Å². The van der Waals surface area contributed by atoms with Crippen LogP contribution in [-0.4, -0.2) is 33.5 Å². The van der Waals surface area contributed by atoms with Crippen LogP contribution in [0.1, 0.15) is 54.3 Å². The van der Waals surface area contributed by atoms with Crippen molar-refractivity contribution >= 4 is 0 Å². The molecular formula is C22H23N3O4. The molecule has 1 unspecified atom stereocenters. The molecule has 0 saturated carbocycles. The Kier molecular flexibility index (Phi) is 5.49. The monoisotopic (exact) mass is 393 g/mol. The molecule has 0 bridgehead atoms. The molecule has 1 aliphatic rings. The number of hydrogen-bond donors (Lipinski definition) is 1. The van der Waals surface area contributed by atoms with Gasteiger partial charge in [0, 0.05) is 43.1 Å². The lowest BCUT2D eigenvalue weighted by atomic mass is 10.0. The van der Waals surface area contributed by atoms with Crippen LogP contribution in [0.3, 0.4) is 0 Å². The normalized spacial score (nSPS) is 19.7. The van der Waals surface area contributed by atoms with Crippen LogP contribution in [0.25, 0.3) is 0 Å². The minimum atomic E-state index is -0.647. The highest BCUT2D eigenvalue weighted by molar-refractivity contribution is 5.41. The smallest absolute Gasteiger partial charge is 0.210 e. The topological polar surface area (TPSA) is 82.5 Å². The first kappa shape index (κ1) is 19.4. The maximum atomic E-state index is 9.74. The summed E-state index contributed by atoms with van der Waals surface area (Å²) in [5.74, 6) is 6.51. The molecule has 1 fully saturated rings. The van der Waals surface area contributed by atoms with Crippen molar-refractivity contribution in [1.29, 1.82) is 0 Å². The fourth-order valence-corrected chi connectivity index (χ4v) is 3.50. The van der Waals surface area contributed by atoms with E-state index in [0.29, 0.717) is 30.4 Å². The van der Waals surface area contributed by atoms with Crippen LogP contribution in [0.5, 0.6) is 0 Å². The highest BCUT2D eigenvalue weighted by Gasteiger charge is 2.36. The first-order chi connectivity index (χ1) is 14.1. The van der Waals surface area contributed by atoms with Gasteiger partial charge in [0.05, 0.1) is 13.2 Å². The van der Waals surface area contributed by atoms with Gasteiger partial charge in [-0.1, -0.05) is 23.2 Å². The summed E-state index contributed by atoms with van der Waals surface area (Å²) in [7, 11) is 1.68. The van der Waals surface area contributed by atoms with Gasteiger partial charge in [0.1, 0.15) is 17.6 Å². The van der Waals surface area contributed by atoms with E-state index < -0.39 is 11.9 Å². The van der Waals surface area contributed by atoms with E-state index in [1.54, 1.807) is 32.5 Å². The SMILES string of the molecule is COC1(c2ccc(C#Cc3cc(Cn4ccnc4[C@H](C)O)no3)cc2)CCCO1. The summed E-state index contributed by atoms with van der Waals surface area (Å²) in [6.07, 6.45) is 4.64. The van der Waals surface area contributed by atoms with Crippen molar-refractivity contribution in [1.82, 2.24) is 14.7 Å². The van der Waals surface area contributed by atoms with E-state index in [-0.39, 0.29) is 0 Å². The fourth-order valence-electron chi connectivity index (χ4n) is 3.50. The predicted octanol–water partition coefficient (Wildman–Crippen LogP) is 2.98. The predicted molar refractivity (Wildman–Crippen MR) is 105 cm³/mol. The number of imidazole rings is 1. The number of aromatic nitrogens is 3. The van der Waals surface area contributed by atoms with Crippen molar-refractivity contribution in [2.75, 3.05) is 13.7 Å². The van der Waals surface area contributed by atoms with Crippen molar-refractivity contribution < 1.29 is 19.1 Å². The molecule has 3 heterocycles. The zero-order chi connectivity index (χ0) is 20.3. The number of hydrogen-bond acceptors (Lipinski definition) is 6. The highest BCUT2D eigenvalue weighted by atomic mass is 16.7. The lowest BCUT2D eigenvalue weighted by Crippen LogP contribution is -2.26. The summed E-state index contributed by atoms with van der Waals surface area (Å²) in [6.45, 7) is 2.84. The van der Waals surface area contributed by atoms with Crippen molar-refractivity contribution in [2.24, 2.45) is 0 Å². The van der Waals surface area contributed by atoms with E-state index in [1.165, 1.54) is 0 Å². The van der Waals surface area contributed by atoms with E-state index in [9.17, 15) is 5.11 Å². The second-order valence-corrected chi connectivity index (χ2v) is 7.01. The number of benzene rings is 1. The molecule has 1 aromatic carbocycles. The Balaban J connectivity index is 1.45. The lowest BCUT2D eigenvalue weighted by Gasteiger charge is -2.27. The Bertz CT molecular complexity index is 1020. The van der Waals surface area contributed by atoms with Gasteiger partial charge >= 0.3 is 0 Å². The molecule has 1 saturated heterocycles. The van der Waals surface area contributed by atoms with Gasteiger partial charge in [-0.05, 0) is 31.4 Å². The zero-order valence-electron chi connectivity index (χ0n) is 16.5. The average molecular weight is 393 g/mol. The van der Waals surface area contributed by atoms with Crippen LogP contribution in [-0.2, 0) is 21.8 Å². The Morgan fingerprint density at radius 3 is 2.83 bits per heavy atom. The Morgan fingerprint density at radius 2 is 2.14 bits per heavy atom. The van der Waals surface area contributed by atoms with Gasteiger partial charge in [-0.15, -0.1) is 0 Å². The quantitative estimate of drug-likeness (QED) is 0.671. The van der Waals surface area contributed by atoms with Crippen molar-refractivity contribution in [3.63, 3.8) is 0 Å². The van der Waals surface area contributed by atoms with Crippen LogP contribution in [0, 0.1) is 11.8 Å². The molecule has 1 aliphatic heterocycles. The van der Waals surface area contributed by atoms with Crippen LogP contribution in [0.4, 0.5) is 0 Å². The van der Waals surface area contributed by atoms with Gasteiger partial charge in [-0.2, -0.15) is 0 Å². The van der Waals surface area contributed by atoms with Crippen molar-refractivity contribution in [2.45, 2.75) is 38.2 Å². The third kappa shape index (κ3) is 4.10. The number of methoxy groups -OCH3 is 1. The lowest BCUT2D eigenvalue weighted by molar-refractivity contribution is -0.201. The van der Waals surface area contributed by atoms with Gasteiger partial charge in [-0.3, -0.25) is 0 Å². The van der Waals surface area contributed by atoms with E-state index in [0.717, 1.165) is 24.0 Å². The summed E-state index contributed by atoms with van der Waals surface area (Å²) in [4.78, 5) is 4.15. The minimum absolute atomic E-state index is 0.458. The first-order valence-electron chi connectivity index (χ1n) is 9.56. The zero-order valence-corrected chi connectivity index (χ0v) is 16.5. The molecule has 0 spiro atoms. The van der Waals surface area contributed by atoms with E-state index in [1.807, 2.05) is 28.8 Å². The molecular weight excluding hydrogens is 370 g/mol. The van der Waals surface area contributed by atoms with Gasteiger partial charge < -0.3 is 23.7 Å². The van der Waals surface area contributed by atoms with E-state index in [4.69, 9.17) is 14.0 Å². The molecule has 3 aromatic rings. The molecule has 2 aromatic heterocycles. The highest BCUT2D eigenvalue weighted by Crippen LogP contribution is 2.36. The molecule has 0 aliphatic carbocycles. The fraction of sp³-hybridized carbons (Fsp3) is 0.364. The summed E-state index contributed by atoms with van der Waals surface area (Å²) in [6, 6.07) is 9.66. The Morgan fingerprint density at radius 1 is 1.31 bits per heavy atom. The number of nitrogens with zero attached hydrogens (tertiary/aromatic N) is 3. The number of ether oxygens (including phenoxy) is 2. The second kappa shape index (κ2) is 8.21. The van der Waals surface area contributed by atoms with Crippen LogP contribution in [0.15, 0.2) is 47.2 Å². The van der Waals surface area contributed by atoms with Gasteiger partial charge in [0.25, 0.3) is 0 Å². The molecule has 150 valence electrons. The van der Waals surface area contributed by atoms with Crippen molar-refractivity contribution in [3.8, 4) is 11.8 Å². The molecule has 0 radical (unpaired) electrons. The summed E-state index contributed by atoms with van der Waals surface area (Å²) >= 11 is 0. The Labute approximate surface area is 169 Å². The van der Waals surface area contributed by atoms with Crippen LogP contribution < -0.4 is 0 Å². The molecule has 2 atom stereocenters. The first-order valence-corrected chi connectivity index (χ1v) is 9.56. The third-order valence-electron chi connectivity index (χ3n) is 4.98. The van der Waals surface area contributed by atoms with Crippen LogP contribution >= 0.6 is 0 Å². The number of aliphatic hydroxyl groups is 1. The molecule has 7 heteroatoms. The van der Waals surface area contributed by atoms with Gasteiger partial charge in [0.15, 0.2) is 5.79 Å². The summed E-state index contributed by atoms with van der Waals surface area (Å²) < 4.78 is 18.6. The van der Waals surface area contributed by atoms with Crippen molar-refractivity contribution in [3.05, 3.63) is 71.1 Å². The van der Waals surface area contributed by atoms with E-state index >= 15 is 0 Å². The number of rotatable bonds is 5. The largest absolute Gasteiger partial charge is 0.385 e. The molecule has 29 heavy (non-hydrogen) atoms. The Hall–Kier alpha value is -2.92. The van der Waals surface area contributed by atoms with E-state index in [2.05, 4.69) is 22.0 Å². The maximum Gasteiger partial charge on any atom is 0.210 e. The second-order valence-electron chi connectivity index (χ2n) is 7.01.